The van der Waals surface area contributed by atoms with Crippen molar-refractivity contribution < 1.29 is 0 Å². The Labute approximate surface area is 135 Å². The Bertz CT molecular complexity index is 761. The second kappa shape index (κ2) is 6.30. The summed E-state index contributed by atoms with van der Waals surface area (Å²) in [5.74, 6) is 0.492. The van der Waals surface area contributed by atoms with Crippen LogP contribution >= 0.6 is 0 Å². The van der Waals surface area contributed by atoms with Gasteiger partial charge in [-0.1, -0.05) is 30.3 Å². The minimum absolute atomic E-state index is 0.492. The van der Waals surface area contributed by atoms with Crippen molar-refractivity contribution in [1.82, 2.24) is 25.5 Å². The average Bonchev–Trinajstić information content (AvgIpc) is 3.09. The first-order valence-corrected chi connectivity index (χ1v) is 8.04. The van der Waals surface area contributed by atoms with Gasteiger partial charge in [-0.2, -0.15) is 5.10 Å². The Balaban J connectivity index is 1.85. The molecular weight excluding hydrogens is 286 g/mol. The summed E-state index contributed by atoms with van der Waals surface area (Å²) in [5.41, 5.74) is 5.33. The molecule has 0 radical (unpaired) electrons. The number of rotatable bonds is 3. The molecule has 0 bridgehead atoms. The summed E-state index contributed by atoms with van der Waals surface area (Å²) < 4.78 is 0. The predicted molar refractivity (Wildman–Crippen MR) is 89.9 cm³/mol. The summed E-state index contributed by atoms with van der Waals surface area (Å²) >= 11 is 0. The van der Waals surface area contributed by atoms with Crippen molar-refractivity contribution in [3.63, 3.8) is 0 Å². The standard InChI is InChI=1S/C18H19N5/c1-2-4-13(5-3-1)17-16(15-8-11-20-12-21-15)18(23-22-17)14-6-9-19-10-7-14/h1-5,8,11-12,14,19H,6-7,9-10H2,(H,22,23). The lowest BCUT2D eigenvalue weighted by Crippen LogP contribution is -2.27. The zero-order valence-electron chi connectivity index (χ0n) is 12.9. The van der Waals surface area contributed by atoms with Gasteiger partial charge in [-0.15, -0.1) is 0 Å². The molecule has 0 spiro atoms. The van der Waals surface area contributed by atoms with Gasteiger partial charge in [0.05, 0.1) is 5.69 Å². The van der Waals surface area contributed by atoms with Crippen LogP contribution in [-0.2, 0) is 0 Å². The molecule has 0 atom stereocenters. The molecule has 0 unspecified atom stereocenters. The van der Waals surface area contributed by atoms with Crippen LogP contribution in [0.3, 0.4) is 0 Å². The van der Waals surface area contributed by atoms with Crippen LogP contribution in [0.1, 0.15) is 24.5 Å². The highest BCUT2D eigenvalue weighted by Crippen LogP contribution is 2.37. The van der Waals surface area contributed by atoms with E-state index in [9.17, 15) is 0 Å². The third-order valence-electron chi connectivity index (χ3n) is 4.43. The van der Waals surface area contributed by atoms with E-state index in [1.54, 1.807) is 12.5 Å². The molecule has 1 saturated heterocycles. The van der Waals surface area contributed by atoms with Crippen molar-refractivity contribution in [2.75, 3.05) is 13.1 Å². The first kappa shape index (κ1) is 14.1. The highest BCUT2D eigenvalue weighted by Gasteiger charge is 2.25. The number of hydrogen-bond acceptors (Lipinski definition) is 4. The van der Waals surface area contributed by atoms with Gasteiger partial charge in [0.2, 0.25) is 0 Å². The molecule has 3 heterocycles. The second-order valence-electron chi connectivity index (χ2n) is 5.85. The highest BCUT2D eigenvalue weighted by atomic mass is 15.1. The summed E-state index contributed by atoms with van der Waals surface area (Å²) in [5, 5.41) is 11.4. The lowest BCUT2D eigenvalue weighted by atomic mass is 9.89. The maximum atomic E-state index is 4.63. The van der Waals surface area contributed by atoms with E-state index in [4.69, 9.17) is 0 Å². The fourth-order valence-electron chi connectivity index (χ4n) is 3.26. The second-order valence-corrected chi connectivity index (χ2v) is 5.85. The molecule has 2 aromatic heterocycles. The van der Waals surface area contributed by atoms with E-state index >= 15 is 0 Å². The molecule has 0 aliphatic carbocycles. The zero-order chi connectivity index (χ0) is 15.5. The van der Waals surface area contributed by atoms with E-state index in [-0.39, 0.29) is 0 Å². The molecular formula is C18H19N5. The van der Waals surface area contributed by atoms with Gasteiger partial charge in [-0.05, 0) is 32.0 Å². The van der Waals surface area contributed by atoms with Crippen LogP contribution in [0.25, 0.3) is 22.5 Å². The molecule has 0 amide bonds. The molecule has 5 heteroatoms. The molecule has 116 valence electrons. The zero-order valence-corrected chi connectivity index (χ0v) is 12.9. The van der Waals surface area contributed by atoms with Gasteiger partial charge in [0.15, 0.2) is 0 Å². The van der Waals surface area contributed by atoms with E-state index in [0.29, 0.717) is 5.92 Å². The number of nitrogens with zero attached hydrogens (tertiary/aromatic N) is 3. The van der Waals surface area contributed by atoms with Gasteiger partial charge in [-0.25, -0.2) is 9.97 Å². The van der Waals surface area contributed by atoms with Crippen LogP contribution in [0.2, 0.25) is 0 Å². The molecule has 2 N–H and O–H groups in total. The van der Waals surface area contributed by atoms with Crippen molar-refractivity contribution >= 4 is 0 Å². The van der Waals surface area contributed by atoms with Crippen molar-refractivity contribution in [2.24, 2.45) is 0 Å². The van der Waals surface area contributed by atoms with Crippen LogP contribution in [0, 0.1) is 0 Å². The van der Waals surface area contributed by atoms with E-state index in [0.717, 1.165) is 48.4 Å². The normalized spacial score (nSPS) is 15.7. The first-order chi connectivity index (χ1) is 11.4. The fourth-order valence-corrected chi connectivity index (χ4v) is 3.26. The SMILES string of the molecule is c1ccc(-c2n[nH]c(C3CCNCC3)c2-c2ccncn2)cc1. The molecule has 5 nitrogen and oxygen atoms in total. The van der Waals surface area contributed by atoms with Crippen molar-refractivity contribution in [1.29, 1.82) is 0 Å². The number of piperidine rings is 1. The van der Waals surface area contributed by atoms with Gasteiger partial charge in [0.1, 0.15) is 12.0 Å². The Kier molecular flexibility index (Phi) is 3.86. The number of nitrogens with one attached hydrogen (secondary N) is 2. The summed E-state index contributed by atoms with van der Waals surface area (Å²) in [6.07, 6.45) is 5.63. The molecule has 23 heavy (non-hydrogen) atoms. The minimum atomic E-state index is 0.492. The monoisotopic (exact) mass is 305 g/mol. The number of hydrogen-bond donors (Lipinski definition) is 2. The third-order valence-corrected chi connectivity index (χ3v) is 4.43. The molecule has 3 aromatic rings. The Morgan fingerprint density at radius 3 is 2.57 bits per heavy atom. The van der Waals surface area contributed by atoms with Crippen LogP contribution in [0.4, 0.5) is 0 Å². The van der Waals surface area contributed by atoms with Crippen LogP contribution < -0.4 is 5.32 Å². The molecule has 1 aliphatic heterocycles. The van der Waals surface area contributed by atoms with E-state index in [2.05, 4.69) is 37.6 Å². The first-order valence-electron chi connectivity index (χ1n) is 8.04. The van der Waals surface area contributed by atoms with Crippen molar-refractivity contribution in [2.45, 2.75) is 18.8 Å². The topological polar surface area (TPSA) is 66.5 Å². The summed E-state index contributed by atoms with van der Waals surface area (Å²) in [6, 6.07) is 12.2. The Hall–Kier alpha value is -2.53. The Morgan fingerprint density at radius 2 is 1.83 bits per heavy atom. The molecule has 1 aromatic carbocycles. The highest BCUT2D eigenvalue weighted by molar-refractivity contribution is 5.81. The third kappa shape index (κ3) is 2.75. The lowest BCUT2D eigenvalue weighted by molar-refractivity contribution is 0.453. The minimum Gasteiger partial charge on any atom is -0.317 e. The lowest BCUT2D eigenvalue weighted by Gasteiger charge is -2.22. The van der Waals surface area contributed by atoms with Gasteiger partial charge < -0.3 is 5.32 Å². The van der Waals surface area contributed by atoms with Crippen LogP contribution in [0.5, 0.6) is 0 Å². The number of aromatic amines is 1. The van der Waals surface area contributed by atoms with Gasteiger partial charge >= 0.3 is 0 Å². The smallest absolute Gasteiger partial charge is 0.116 e. The van der Waals surface area contributed by atoms with Crippen molar-refractivity contribution in [3.8, 4) is 22.5 Å². The van der Waals surface area contributed by atoms with E-state index < -0.39 is 0 Å². The molecule has 1 fully saturated rings. The number of benzene rings is 1. The maximum Gasteiger partial charge on any atom is 0.116 e. The van der Waals surface area contributed by atoms with Crippen LogP contribution in [-0.4, -0.2) is 33.3 Å². The van der Waals surface area contributed by atoms with Gasteiger partial charge in [0.25, 0.3) is 0 Å². The van der Waals surface area contributed by atoms with Crippen molar-refractivity contribution in [3.05, 3.63) is 54.6 Å². The maximum absolute atomic E-state index is 4.63. The van der Waals surface area contributed by atoms with E-state index in [1.807, 2.05) is 24.3 Å². The largest absolute Gasteiger partial charge is 0.317 e. The quantitative estimate of drug-likeness (QED) is 0.780. The summed E-state index contributed by atoms with van der Waals surface area (Å²) in [4.78, 5) is 8.52. The molecule has 4 rings (SSSR count). The van der Waals surface area contributed by atoms with Gasteiger partial charge in [-0.3, -0.25) is 5.10 Å². The van der Waals surface area contributed by atoms with Crippen LogP contribution in [0.15, 0.2) is 48.9 Å². The Morgan fingerprint density at radius 1 is 1.00 bits per heavy atom. The predicted octanol–water partition coefficient (Wildman–Crippen LogP) is 3.00. The van der Waals surface area contributed by atoms with Gasteiger partial charge in [0, 0.05) is 28.9 Å². The average molecular weight is 305 g/mol. The summed E-state index contributed by atoms with van der Waals surface area (Å²) in [6.45, 7) is 2.10. The van der Waals surface area contributed by atoms with E-state index in [1.165, 1.54) is 5.69 Å². The fraction of sp³-hybridized carbons (Fsp3) is 0.278. The number of H-pyrrole nitrogens is 1. The molecule has 1 aliphatic rings. The number of aromatic nitrogens is 4. The summed E-state index contributed by atoms with van der Waals surface area (Å²) in [7, 11) is 0. The molecule has 0 saturated carbocycles.